The molecule has 0 aliphatic carbocycles. The van der Waals surface area contributed by atoms with Crippen LogP contribution in [-0.4, -0.2) is 31.8 Å². The van der Waals surface area contributed by atoms with Gasteiger partial charge >= 0.3 is 5.97 Å². The molecular formula is C12H15NO4. The molecule has 3 N–H and O–H groups in total. The summed E-state index contributed by atoms with van der Waals surface area (Å²) < 4.78 is 10.3. The lowest BCUT2D eigenvalue weighted by Crippen LogP contribution is -2.01. The van der Waals surface area contributed by atoms with Gasteiger partial charge in [-0.1, -0.05) is 12.2 Å². The lowest BCUT2D eigenvalue weighted by Gasteiger charge is -2.11. The van der Waals surface area contributed by atoms with Crippen molar-refractivity contribution in [2.24, 2.45) is 5.73 Å². The van der Waals surface area contributed by atoms with Gasteiger partial charge < -0.3 is 20.3 Å². The number of rotatable bonds is 5. The first-order valence-corrected chi connectivity index (χ1v) is 5.00. The number of benzene rings is 1. The Bertz CT molecular complexity index is 415. The summed E-state index contributed by atoms with van der Waals surface area (Å²) in [6.45, 7) is 0.382. The molecule has 0 unspecified atom stereocenters. The van der Waals surface area contributed by atoms with Crippen molar-refractivity contribution in [2.45, 2.75) is 0 Å². The maximum Gasteiger partial charge on any atom is 0.335 e. The average Bonchev–Trinajstić information content (AvgIpc) is 2.34. The summed E-state index contributed by atoms with van der Waals surface area (Å²) in [4.78, 5) is 10.9. The number of carbonyl (C=O) groups is 1. The average molecular weight is 237 g/mol. The van der Waals surface area contributed by atoms with Crippen LogP contribution < -0.4 is 15.2 Å². The number of methoxy groups -OCH3 is 2. The molecule has 0 spiro atoms. The molecule has 0 amide bonds. The van der Waals surface area contributed by atoms with E-state index in [9.17, 15) is 4.79 Å². The third kappa shape index (κ3) is 2.98. The molecular weight excluding hydrogens is 222 g/mol. The van der Waals surface area contributed by atoms with E-state index in [1.54, 1.807) is 12.2 Å². The molecule has 0 saturated carbocycles. The van der Waals surface area contributed by atoms with Crippen LogP contribution in [0.25, 0.3) is 6.08 Å². The highest BCUT2D eigenvalue weighted by Gasteiger charge is 2.13. The third-order valence-electron chi connectivity index (χ3n) is 2.21. The van der Waals surface area contributed by atoms with E-state index >= 15 is 0 Å². The Morgan fingerprint density at radius 1 is 1.35 bits per heavy atom. The number of nitrogens with two attached hydrogens (primary N) is 1. The van der Waals surface area contributed by atoms with E-state index in [-0.39, 0.29) is 5.56 Å². The summed E-state index contributed by atoms with van der Waals surface area (Å²) in [5.74, 6) is -0.158. The maximum absolute atomic E-state index is 10.9. The molecule has 0 aliphatic heterocycles. The number of aromatic carboxylic acids is 1. The highest BCUT2D eigenvalue weighted by Crippen LogP contribution is 2.31. The number of hydrogen-bond acceptors (Lipinski definition) is 4. The first-order valence-electron chi connectivity index (χ1n) is 5.00. The minimum atomic E-state index is -1.03. The Hall–Kier alpha value is -2.01. The van der Waals surface area contributed by atoms with Crippen LogP contribution >= 0.6 is 0 Å². The molecule has 0 heterocycles. The molecule has 5 nitrogen and oxygen atoms in total. The van der Waals surface area contributed by atoms with E-state index in [1.165, 1.54) is 26.4 Å². The molecule has 0 fully saturated rings. The van der Waals surface area contributed by atoms with Crippen molar-refractivity contribution >= 4 is 12.0 Å². The second-order valence-corrected chi connectivity index (χ2v) is 3.24. The van der Waals surface area contributed by atoms with Crippen molar-refractivity contribution in [3.8, 4) is 11.5 Å². The first-order chi connectivity index (χ1) is 8.13. The normalized spacial score (nSPS) is 10.5. The fourth-order valence-corrected chi connectivity index (χ4v) is 1.41. The molecule has 1 aromatic rings. The van der Waals surface area contributed by atoms with Crippen LogP contribution in [0.1, 0.15) is 15.9 Å². The molecule has 1 rings (SSSR count). The van der Waals surface area contributed by atoms with E-state index < -0.39 is 5.97 Å². The molecule has 5 heteroatoms. The van der Waals surface area contributed by atoms with Gasteiger partial charge in [-0.2, -0.15) is 0 Å². The van der Waals surface area contributed by atoms with Gasteiger partial charge in [-0.15, -0.1) is 0 Å². The molecule has 0 saturated heterocycles. The summed E-state index contributed by atoms with van der Waals surface area (Å²) >= 11 is 0. The van der Waals surface area contributed by atoms with Crippen LogP contribution in [0, 0.1) is 0 Å². The second-order valence-electron chi connectivity index (χ2n) is 3.24. The Balaban J connectivity index is 3.35. The zero-order valence-electron chi connectivity index (χ0n) is 9.77. The van der Waals surface area contributed by atoms with Gasteiger partial charge in [-0.3, -0.25) is 0 Å². The Labute approximate surface area is 99.5 Å². The molecule has 0 radical (unpaired) electrons. The minimum Gasteiger partial charge on any atom is -0.496 e. The fourth-order valence-electron chi connectivity index (χ4n) is 1.41. The number of ether oxygens (including phenoxy) is 2. The van der Waals surface area contributed by atoms with Crippen LogP contribution in [0.4, 0.5) is 0 Å². The molecule has 0 aliphatic rings. The molecule has 1 aromatic carbocycles. The van der Waals surface area contributed by atoms with Crippen molar-refractivity contribution in [2.75, 3.05) is 20.8 Å². The van der Waals surface area contributed by atoms with Gasteiger partial charge in [0, 0.05) is 6.54 Å². The van der Waals surface area contributed by atoms with Crippen molar-refractivity contribution in [3.63, 3.8) is 0 Å². The monoisotopic (exact) mass is 237 g/mol. The largest absolute Gasteiger partial charge is 0.496 e. The molecule has 0 aromatic heterocycles. The molecule has 0 atom stereocenters. The highest BCUT2D eigenvalue weighted by molar-refractivity contribution is 5.90. The van der Waals surface area contributed by atoms with Crippen LogP contribution in [0.5, 0.6) is 11.5 Å². The van der Waals surface area contributed by atoms with Gasteiger partial charge in [0.15, 0.2) is 0 Å². The van der Waals surface area contributed by atoms with Crippen LogP contribution in [0.15, 0.2) is 18.2 Å². The van der Waals surface area contributed by atoms with Crippen molar-refractivity contribution in [1.82, 2.24) is 0 Å². The summed E-state index contributed by atoms with van der Waals surface area (Å²) in [5.41, 5.74) is 6.16. The second kappa shape index (κ2) is 5.91. The number of hydrogen-bond donors (Lipinski definition) is 2. The molecule has 92 valence electrons. The summed E-state index contributed by atoms with van der Waals surface area (Å²) in [6, 6.07) is 2.89. The smallest absolute Gasteiger partial charge is 0.335 e. The van der Waals surface area contributed by atoms with Crippen LogP contribution in [0.3, 0.4) is 0 Å². The minimum absolute atomic E-state index is 0.114. The Morgan fingerprint density at radius 3 is 2.24 bits per heavy atom. The topological polar surface area (TPSA) is 81.8 Å². The van der Waals surface area contributed by atoms with Gasteiger partial charge in [0.1, 0.15) is 11.5 Å². The lowest BCUT2D eigenvalue weighted by atomic mass is 10.1. The van der Waals surface area contributed by atoms with Crippen LogP contribution in [-0.2, 0) is 0 Å². The van der Waals surface area contributed by atoms with E-state index in [1.807, 2.05) is 0 Å². The van der Waals surface area contributed by atoms with E-state index in [0.29, 0.717) is 23.6 Å². The number of carboxylic acid groups (broad SMARTS) is 1. The first kappa shape index (κ1) is 13.1. The van der Waals surface area contributed by atoms with E-state index in [4.69, 9.17) is 20.3 Å². The van der Waals surface area contributed by atoms with E-state index in [2.05, 4.69) is 0 Å². The predicted molar refractivity (Wildman–Crippen MR) is 64.6 cm³/mol. The van der Waals surface area contributed by atoms with Crippen LogP contribution in [0.2, 0.25) is 0 Å². The zero-order valence-corrected chi connectivity index (χ0v) is 9.77. The van der Waals surface area contributed by atoms with Gasteiger partial charge in [-0.25, -0.2) is 4.79 Å². The van der Waals surface area contributed by atoms with E-state index in [0.717, 1.165) is 0 Å². The standard InChI is InChI=1S/C12H15NO4/c1-16-10-6-8(12(14)15)7-11(17-2)9(10)4-3-5-13/h3-4,6-7H,5,13H2,1-2H3,(H,14,15). The molecule has 17 heavy (non-hydrogen) atoms. The fraction of sp³-hybridized carbons (Fsp3) is 0.250. The lowest BCUT2D eigenvalue weighted by molar-refractivity contribution is 0.0696. The highest BCUT2D eigenvalue weighted by atomic mass is 16.5. The van der Waals surface area contributed by atoms with Crippen molar-refractivity contribution in [3.05, 3.63) is 29.3 Å². The van der Waals surface area contributed by atoms with Gasteiger partial charge in [0.05, 0.1) is 25.3 Å². The molecule has 0 bridgehead atoms. The van der Waals surface area contributed by atoms with Gasteiger partial charge in [0.25, 0.3) is 0 Å². The predicted octanol–water partition coefficient (Wildman–Crippen LogP) is 1.37. The zero-order chi connectivity index (χ0) is 12.8. The van der Waals surface area contributed by atoms with Gasteiger partial charge in [0.2, 0.25) is 0 Å². The SMILES string of the molecule is COc1cc(C(=O)O)cc(OC)c1C=CCN. The van der Waals surface area contributed by atoms with Crippen molar-refractivity contribution < 1.29 is 19.4 Å². The Morgan fingerprint density at radius 2 is 1.88 bits per heavy atom. The third-order valence-corrected chi connectivity index (χ3v) is 2.21. The van der Waals surface area contributed by atoms with Gasteiger partial charge in [-0.05, 0) is 12.1 Å². The summed E-state index contributed by atoms with van der Waals surface area (Å²) in [6.07, 6.45) is 3.48. The summed E-state index contributed by atoms with van der Waals surface area (Å²) in [5, 5.41) is 8.94. The van der Waals surface area contributed by atoms with Crippen molar-refractivity contribution in [1.29, 1.82) is 0 Å². The maximum atomic E-state index is 10.9. The quantitative estimate of drug-likeness (QED) is 0.808. The Kier molecular flexibility index (Phi) is 4.54. The number of carboxylic acids is 1. The summed E-state index contributed by atoms with van der Waals surface area (Å²) in [7, 11) is 2.94.